The zero-order chi connectivity index (χ0) is 20.3. The molecule has 1 N–H and O–H groups in total. The molecule has 0 aliphatic heterocycles. The van der Waals surface area contributed by atoms with Crippen LogP contribution in [0.1, 0.15) is 11.1 Å². The summed E-state index contributed by atoms with van der Waals surface area (Å²) in [6.07, 6.45) is 1.54. The summed E-state index contributed by atoms with van der Waals surface area (Å²) in [5.74, 6) is 1.36. The number of para-hydroxylation sites is 3. The van der Waals surface area contributed by atoms with E-state index in [1.165, 1.54) is 0 Å². The third kappa shape index (κ3) is 6.10. The molecule has 0 saturated heterocycles. The Labute approximate surface area is 169 Å². The first kappa shape index (κ1) is 19.9. The van der Waals surface area contributed by atoms with Crippen molar-refractivity contribution in [3.05, 3.63) is 90.0 Å². The van der Waals surface area contributed by atoms with Crippen LogP contribution in [0.2, 0.25) is 0 Å². The average molecular weight is 390 g/mol. The number of nitrogens with zero attached hydrogens (tertiary/aromatic N) is 1. The van der Waals surface area contributed by atoms with E-state index in [1.807, 2.05) is 60.7 Å². The Morgan fingerprint density at radius 3 is 2.28 bits per heavy atom. The summed E-state index contributed by atoms with van der Waals surface area (Å²) >= 11 is 0. The van der Waals surface area contributed by atoms with Crippen molar-refractivity contribution in [3.63, 3.8) is 0 Å². The molecular formula is C23H22N2O4. The molecule has 0 fully saturated rings. The van der Waals surface area contributed by atoms with Crippen molar-refractivity contribution in [2.75, 3.05) is 13.7 Å². The Kier molecular flexibility index (Phi) is 7.23. The average Bonchev–Trinajstić information content (AvgIpc) is 2.78. The van der Waals surface area contributed by atoms with E-state index in [9.17, 15) is 4.79 Å². The molecule has 1 amide bonds. The topological polar surface area (TPSA) is 69.2 Å². The molecule has 0 atom stereocenters. The van der Waals surface area contributed by atoms with Crippen LogP contribution in [0.25, 0.3) is 0 Å². The van der Waals surface area contributed by atoms with Gasteiger partial charge in [-0.25, -0.2) is 5.43 Å². The Hall–Kier alpha value is -3.80. The van der Waals surface area contributed by atoms with Gasteiger partial charge in [0, 0.05) is 5.56 Å². The number of carbonyl (C=O) groups excluding carboxylic acids is 1. The summed E-state index contributed by atoms with van der Waals surface area (Å²) < 4.78 is 16.5. The van der Waals surface area contributed by atoms with E-state index >= 15 is 0 Å². The van der Waals surface area contributed by atoms with Crippen molar-refractivity contribution < 1.29 is 19.0 Å². The monoisotopic (exact) mass is 390 g/mol. The molecule has 0 unspecified atom stereocenters. The fourth-order valence-electron chi connectivity index (χ4n) is 2.54. The largest absolute Gasteiger partial charge is 0.493 e. The third-order valence-corrected chi connectivity index (χ3v) is 3.98. The first-order valence-electron chi connectivity index (χ1n) is 9.10. The van der Waals surface area contributed by atoms with Crippen molar-refractivity contribution in [2.24, 2.45) is 5.10 Å². The molecule has 0 aromatic heterocycles. The second-order valence-corrected chi connectivity index (χ2v) is 6.04. The van der Waals surface area contributed by atoms with Gasteiger partial charge < -0.3 is 14.2 Å². The Balaban J connectivity index is 1.52. The minimum atomic E-state index is -0.380. The van der Waals surface area contributed by atoms with Crippen molar-refractivity contribution in [1.29, 1.82) is 0 Å². The summed E-state index contributed by atoms with van der Waals surface area (Å²) in [5, 5.41) is 4.00. The van der Waals surface area contributed by atoms with Crippen LogP contribution in [0.15, 0.2) is 84.0 Å². The first-order valence-corrected chi connectivity index (χ1v) is 9.10. The van der Waals surface area contributed by atoms with Gasteiger partial charge in [-0.3, -0.25) is 4.79 Å². The first-order chi connectivity index (χ1) is 14.3. The van der Waals surface area contributed by atoms with Crippen LogP contribution in [-0.2, 0) is 11.4 Å². The molecule has 3 aromatic carbocycles. The molecule has 29 heavy (non-hydrogen) atoms. The summed E-state index contributed by atoms with van der Waals surface area (Å²) in [4.78, 5) is 12.0. The van der Waals surface area contributed by atoms with E-state index in [4.69, 9.17) is 14.2 Å². The van der Waals surface area contributed by atoms with Gasteiger partial charge in [-0.1, -0.05) is 54.6 Å². The van der Waals surface area contributed by atoms with E-state index in [0.29, 0.717) is 23.9 Å². The molecule has 6 heteroatoms. The Morgan fingerprint density at radius 1 is 0.862 bits per heavy atom. The molecule has 6 nitrogen and oxygen atoms in total. The highest BCUT2D eigenvalue weighted by molar-refractivity contribution is 5.85. The van der Waals surface area contributed by atoms with Gasteiger partial charge in [0.1, 0.15) is 12.4 Å². The number of hydrogen-bond donors (Lipinski definition) is 1. The lowest BCUT2D eigenvalue weighted by molar-refractivity contribution is -0.123. The van der Waals surface area contributed by atoms with Crippen LogP contribution >= 0.6 is 0 Å². The smallest absolute Gasteiger partial charge is 0.277 e. The number of nitrogens with one attached hydrogen (secondary N) is 1. The lowest BCUT2D eigenvalue weighted by Gasteiger charge is -2.10. The van der Waals surface area contributed by atoms with Crippen LogP contribution in [0.5, 0.6) is 17.2 Å². The number of hydrogen-bond acceptors (Lipinski definition) is 5. The number of benzene rings is 3. The lowest BCUT2D eigenvalue weighted by atomic mass is 10.2. The van der Waals surface area contributed by atoms with Crippen molar-refractivity contribution >= 4 is 12.1 Å². The minimum Gasteiger partial charge on any atom is -0.493 e. The van der Waals surface area contributed by atoms with E-state index in [-0.39, 0.29) is 12.5 Å². The zero-order valence-corrected chi connectivity index (χ0v) is 16.1. The second-order valence-electron chi connectivity index (χ2n) is 6.04. The van der Waals surface area contributed by atoms with E-state index in [1.54, 1.807) is 31.5 Å². The number of carbonyl (C=O) groups is 1. The van der Waals surface area contributed by atoms with Gasteiger partial charge >= 0.3 is 0 Å². The van der Waals surface area contributed by atoms with Crippen LogP contribution in [0, 0.1) is 0 Å². The second kappa shape index (κ2) is 10.5. The zero-order valence-electron chi connectivity index (χ0n) is 16.1. The molecule has 0 radical (unpaired) electrons. The molecule has 0 aliphatic rings. The van der Waals surface area contributed by atoms with Crippen molar-refractivity contribution in [1.82, 2.24) is 5.43 Å². The quantitative estimate of drug-likeness (QED) is 0.446. The fourth-order valence-corrected chi connectivity index (χ4v) is 2.54. The van der Waals surface area contributed by atoms with Gasteiger partial charge in [0.15, 0.2) is 18.1 Å². The maximum absolute atomic E-state index is 12.0. The van der Waals surface area contributed by atoms with Gasteiger partial charge in [-0.05, 0) is 29.8 Å². The molecule has 0 aliphatic carbocycles. The van der Waals surface area contributed by atoms with E-state index in [0.717, 1.165) is 11.1 Å². The predicted octanol–water partition coefficient (Wildman–Crippen LogP) is 3.80. The molecule has 0 heterocycles. The van der Waals surface area contributed by atoms with Crippen LogP contribution < -0.4 is 19.6 Å². The SMILES string of the molecule is COc1ccccc1OCC(=O)N/N=C/c1ccccc1OCc1ccccc1. The molecule has 3 rings (SSSR count). The normalized spacial score (nSPS) is 10.5. The summed E-state index contributed by atoms with van der Waals surface area (Å²) in [6, 6.07) is 24.5. The van der Waals surface area contributed by atoms with Crippen molar-refractivity contribution in [2.45, 2.75) is 6.61 Å². The summed E-state index contributed by atoms with van der Waals surface area (Å²) in [7, 11) is 1.55. The van der Waals surface area contributed by atoms with Gasteiger partial charge in [-0.2, -0.15) is 5.10 Å². The van der Waals surface area contributed by atoms with Gasteiger partial charge in [0.25, 0.3) is 5.91 Å². The van der Waals surface area contributed by atoms with Gasteiger partial charge in [-0.15, -0.1) is 0 Å². The third-order valence-electron chi connectivity index (χ3n) is 3.98. The number of rotatable bonds is 9. The molecule has 3 aromatic rings. The molecule has 0 spiro atoms. The lowest BCUT2D eigenvalue weighted by Crippen LogP contribution is -2.24. The maximum Gasteiger partial charge on any atom is 0.277 e. The Morgan fingerprint density at radius 2 is 1.52 bits per heavy atom. The van der Waals surface area contributed by atoms with Crippen LogP contribution in [0.3, 0.4) is 0 Å². The number of amides is 1. The highest BCUT2D eigenvalue weighted by Gasteiger charge is 2.06. The summed E-state index contributed by atoms with van der Waals surface area (Å²) in [5.41, 5.74) is 4.28. The number of hydrazone groups is 1. The summed E-state index contributed by atoms with van der Waals surface area (Å²) in [6.45, 7) is 0.272. The maximum atomic E-state index is 12.0. The number of ether oxygens (including phenoxy) is 3. The highest BCUT2D eigenvalue weighted by atomic mass is 16.5. The van der Waals surface area contributed by atoms with E-state index in [2.05, 4.69) is 10.5 Å². The molecule has 0 saturated carbocycles. The van der Waals surface area contributed by atoms with Crippen LogP contribution in [-0.4, -0.2) is 25.8 Å². The van der Waals surface area contributed by atoms with Gasteiger partial charge in [0.05, 0.1) is 13.3 Å². The fraction of sp³-hybridized carbons (Fsp3) is 0.130. The van der Waals surface area contributed by atoms with Gasteiger partial charge in [0.2, 0.25) is 0 Å². The predicted molar refractivity (Wildman–Crippen MR) is 111 cm³/mol. The highest BCUT2D eigenvalue weighted by Crippen LogP contribution is 2.25. The van der Waals surface area contributed by atoms with E-state index < -0.39 is 0 Å². The molecule has 0 bridgehead atoms. The molecule has 148 valence electrons. The molecular weight excluding hydrogens is 368 g/mol. The number of methoxy groups -OCH3 is 1. The van der Waals surface area contributed by atoms with Crippen molar-refractivity contribution in [3.8, 4) is 17.2 Å². The minimum absolute atomic E-state index is 0.177. The van der Waals surface area contributed by atoms with Crippen LogP contribution in [0.4, 0.5) is 0 Å². The standard InChI is InChI=1S/C23H22N2O4/c1-27-21-13-7-8-14-22(21)29-17-23(26)25-24-15-19-11-5-6-12-20(19)28-16-18-9-3-2-4-10-18/h2-15H,16-17H2,1H3,(H,25,26)/b24-15+. The Bertz CT molecular complexity index is 958.